The van der Waals surface area contributed by atoms with Crippen molar-refractivity contribution in [3.63, 3.8) is 0 Å². The largest absolute Gasteiger partial charge is 0.393 e. The maximum absolute atomic E-state index is 11.3. The molecular weight excluding hydrogens is 318 g/mol. The molecule has 1 aliphatic heterocycles. The van der Waals surface area contributed by atoms with Crippen LogP contribution in [0.5, 0.6) is 0 Å². The lowest BCUT2D eigenvalue weighted by Crippen LogP contribution is -2.33. The lowest BCUT2D eigenvalue weighted by Gasteiger charge is -2.30. The summed E-state index contributed by atoms with van der Waals surface area (Å²) in [6, 6.07) is 14.8. The van der Waals surface area contributed by atoms with Crippen molar-refractivity contribution in [2.45, 2.75) is 25.7 Å². The number of hydrogen-bond acceptors (Lipinski definition) is 5. The molecule has 4 rings (SSSR count). The molecule has 0 bridgehead atoms. The third-order valence-corrected chi connectivity index (χ3v) is 4.69. The molecular formula is C19H19N3O3. The van der Waals surface area contributed by atoms with Crippen LogP contribution >= 0.6 is 0 Å². The van der Waals surface area contributed by atoms with Crippen molar-refractivity contribution in [1.29, 1.82) is 0 Å². The van der Waals surface area contributed by atoms with E-state index in [0.29, 0.717) is 24.3 Å². The molecule has 3 aromatic rings. The van der Waals surface area contributed by atoms with E-state index < -0.39 is 12.2 Å². The lowest BCUT2D eigenvalue weighted by molar-refractivity contribution is 0.0144. The summed E-state index contributed by atoms with van der Waals surface area (Å²) in [4.78, 5) is 0. The number of benzene rings is 2. The standard InChI is InChI=1S/C19H19N3O3/c1-13-20-21-18-11-25-10-15-16(8-5-9-17(15)22(13)18)19(24,12-23)14-6-3-2-4-7-14/h2-9,23-24H,10-12H2,1H3. The summed E-state index contributed by atoms with van der Waals surface area (Å²) < 4.78 is 7.70. The number of aliphatic hydroxyl groups is 2. The molecule has 0 fully saturated rings. The van der Waals surface area contributed by atoms with Crippen LogP contribution in [-0.4, -0.2) is 31.6 Å². The van der Waals surface area contributed by atoms with Gasteiger partial charge in [0.05, 0.1) is 18.9 Å². The average molecular weight is 337 g/mol. The molecule has 1 atom stereocenters. The van der Waals surface area contributed by atoms with E-state index in [1.54, 1.807) is 0 Å². The van der Waals surface area contributed by atoms with E-state index in [9.17, 15) is 10.2 Å². The molecule has 0 spiro atoms. The highest BCUT2D eigenvalue weighted by Gasteiger charge is 2.35. The normalized spacial score (nSPS) is 15.8. The third kappa shape index (κ3) is 2.46. The van der Waals surface area contributed by atoms with Gasteiger partial charge in [-0.15, -0.1) is 10.2 Å². The maximum Gasteiger partial charge on any atom is 0.163 e. The maximum atomic E-state index is 11.3. The van der Waals surface area contributed by atoms with Gasteiger partial charge >= 0.3 is 0 Å². The molecule has 128 valence electrons. The van der Waals surface area contributed by atoms with Crippen LogP contribution in [0, 0.1) is 6.92 Å². The molecule has 25 heavy (non-hydrogen) atoms. The van der Waals surface area contributed by atoms with Crippen molar-refractivity contribution in [2.75, 3.05) is 6.61 Å². The highest BCUT2D eigenvalue weighted by molar-refractivity contribution is 5.52. The highest BCUT2D eigenvalue weighted by atomic mass is 16.5. The Labute approximate surface area is 145 Å². The summed E-state index contributed by atoms with van der Waals surface area (Å²) in [6.45, 7) is 2.12. The fourth-order valence-electron chi connectivity index (χ4n) is 3.43. The van der Waals surface area contributed by atoms with Crippen LogP contribution < -0.4 is 0 Å². The third-order valence-electron chi connectivity index (χ3n) is 4.69. The van der Waals surface area contributed by atoms with Crippen molar-refractivity contribution in [3.8, 4) is 5.69 Å². The van der Waals surface area contributed by atoms with Gasteiger partial charge in [-0.25, -0.2) is 0 Å². The monoisotopic (exact) mass is 337 g/mol. The van der Waals surface area contributed by atoms with Crippen LogP contribution in [0.1, 0.15) is 28.3 Å². The van der Waals surface area contributed by atoms with Crippen LogP contribution in [0.4, 0.5) is 0 Å². The van der Waals surface area contributed by atoms with E-state index in [1.165, 1.54) is 0 Å². The smallest absolute Gasteiger partial charge is 0.163 e. The molecule has 6 nitrogen and oxygen atoms in total. The average Bonchev–Trinajstić information content (AvgIpc) is 2.91. The Morgan fingerprint density at radius 1 is 1.08 bits per heavy atom. The fraction of sp³-hybridized carbons (Fsp3) is 0.263. The Morgan fingerprint density at radius 3 is 2.64 bits per heavy atom. The topological polar surface area (TPSA) is 80.4 Å². The van der Waals surface area contributed by atoms with E-state index in [-0.39, 0.29) is 0 Å². The van der Waals surface area contributed by atoms with Crippen molar-refractivity contribution in [3.05, 3.63) is 76.9 Å². The first kappa shape index (κ1) is 16.0. The van der Waals surface area contributed by atoms with Gasteiger partial charge < -0.3 is 14.9 Å². The minimum absolute atomic E-state index is 0.323. The van der Waals surface area contributed by atoms with Crippen LogP contribution in [0.25, 0.3) is 5.69 Å². The first-order valence-corrected chi connectivity index (χ1v) is 8.15. The zero-order valence-electron chi connectivity index (χ0n) is 13.9. The molecule has 1 aliphatic rings. The molecule has 6 heteroatoms. The van der Waals surface area contributed by atoms with Gasteiger partial charge in [0.15, 0.2) is 5.82 Å². The van der Waals surface area contributed by atoms with E-state index in [1.807, 2.05) is 60.0 Å². The predicted molar refractivity (Wildman–Crippen MR) is 91.1 cm³/mol. The molecule has 0 radical (unpaired) electrons. The van der Waals surface area contributed by atoms with Gasteiger partial charge in [0, 0.05) is 5.56 Å². The van der Waals surface area contributed by atoms with E-state index >= 15 is 0 Å². The molecule has 0 saturated heterocycles. The number of nitrogens with zero attached hydrogens (tertiary/aromatic N) is 3. The zero-order valence-corrected chi connectivity index (χ0v) is 13.9. The van der Waals surface area contributed by atoms with Crippen LogP contribution in [0.15, 0.2) is 48.5 Å². The highest BCUT2D eigenvalue weighted by Crippen LogP contribution is 2.36. The van der Waals surface area contributed by atoms with Crippen molar-refractivity contribution < 1.29 is 14.9 Å². The lowest BCUT2D eigenvalue weighted by atomic mass is 9.83. The number of ether oxygens (including phenoxy) is 1. The first-order valence-electron chi connectivity index (χ1n) is 8.15. The van der Waals surface area contributed by atoms with Gasteiger partial charge in [-0.1, -0.05) is 42.5 Å². The molecule has 1 unspecified atom stereocenters. The zero-order chi connectivity index (χ0) is 17.4. The second kappa shape index (κ2) is 6.07. The van der Waals surface area contributed by atoms with Crippen LogP contribution in [-0.2, 0) is 23.6 Å². The first-order chi connectivity index (χ1) is 12.1. The number of fused-ring (bicyclic) bond motifs is 3. The van der Waals surface area contributed by atoms with Gasteiger partial charge in [0.2, 0.25) is 0 Å². The SMILES string of the molecule is Cc1nnc2n1-c1cccc(C(O)(CO)c3ccccc3)c1COC2. The summed E-state index contributed by atoms with van der Waals surface area (Å²) in [5, 5.41) is 29.7. The van der Waals surface area contributed by atoms with Crippen molar-refractivity contribution in [2.24, 2.45) is 0 Å². The molecule has 0 aliphatic carbocycles. The molecule has 2 aromatic carbocycles. The van der Waals surface area contributed by atoms with Gasteiger partial charge in [-0.05, 0) is 24.1 Å². The summed E-state index contributed by atoms with van der Waals surface area (Å²) in [5.74, 6) is 1.48. The summed E-state index contributed by atoms with van der Waals surface area (Å²) >= 11 is 0. The Bertz CT molecular complexity index is 908. The molecule has 2 heterocycles. The number of hydrogen-bond donors (Lipinski definition) is 2. The van der Waals surface area contributed by atoms with E-state index in [0.717, 1.165) is 22.9 Å². The minimum Gasteiger partial charge on any atom is -0.393 e. The quantitative estimate of drug-likeness (QED) is 0.762. The van der Waals surface area contributed by atoms with Crippen LogP contribution in [0.2, 0.25) is 0 Å². The van der Waals surface area contributed by atoms with Gasteiger partial charge in [-0.2, -0.15) is 0 Å². The second-order valence-corrected chi connectivity index (χ2v) is 6.18. The van der Waals surface area contributed by atoms with E-state index in [2.05, 4.69) is 10.2 Å². The predicted octanol–water partition coefficient (Wildman–Crippen LogP) is 1.83. The Morgan fingerprint density at radius 2 is 1.88 bits per heavy atom. The van der Waals surface area contributed by atoms with Crippen molar-refractivity contribution in [1.82, 2.24) is 14.8 Å². The Hall–Kier alpha value is -2.54. The Kier molecular flexibility index (Phi) is 3.88. The fourth-order valence-corrected chi connectivity index (χ4v) is 3.43. The molecule has 1 aromatic heterocycles. The van der Waals surface area contributed by atoms with Crippen LogP contribution in [0.3, 0.4) is 0 Å². The number of aliphatic hydroxyl groups excluding tert-OH is 1. The number of aryl methyl sites for hydroxylation is 1. The summed E-state index contributed by atoms with van der Waals surface area (Å²) in [7, 11) is 0. The minimum atomic E-state index is -1.51. The molecule has 0 saturated carbocycles. The van der Waals surface area contributed by atoms with Gasteiger partial charge in [0.1, 0.15) is 18.0 Å². The van der Waals surface area contributed by atoms with E-state index in [4.69, 9.17) is 4.74 Å². The number of aromatic nitrogens is 3. The Balaban J connectivity index is 1.96. The van der Waals surface area contributed by atoms with Gasteiger partial charge in [0.25, 0.3) is 0 Å². The number of rotatable bonds is 3. The second-order valence-electron chi connectivity index (χ2n) is 6.18. The summed E-state index contributed by atoms with van der Waals surface area (Å²) in [5.41, 5.74) is 1.44. The summed E-state index contributed by atoms with van der Waals surface area (Å²) in [6.07, 6.45) is 0. The van der Waals surface area contributed by atoms with Gasteiger partial charge in [-0.3, -0.25) is 4.57 Å². The molecule has 0 amide bonds. The molecule has 2 N–H and O–H groups in total. The van der Waals surface area contributed by atoms with Crippen molar-refractivity contribution >= 4 is 0 Å².